The lowest BCUT2D eigenvalue weighted by molar-refractivity contribution is 1.14. The molecular formula is C64H34N8. The van der Waals surface area contributed by atoms with Crippen LogP contribution >= 0.6 is 0 Å². The lowest BCUT2D eigenvalue weighted by Gasteiger charge is -2.18. The minimum atomic E-state index is 0.490. The number of nitriles is 3. The van der Waals surface area contributed by atoms with Crippen LogP contribution < -0.4 is 0 Å². The van der Waals surface area contributed by atoms with E-state index in [2.05, 4.69) is 110 Å². The van der Waals surface area contributed by atoms with E-state index in [9.17, 15) is 15.8 Å². The van der Waals surface area contributed by atoms with Gasteiger partial charge >= 0.3 is 0 Å². The molecule has 0 radical (unpaired) electrons. The van der Waals surface area contributed by atoms with E-state index in [-0.39, 0.29) is 0 Å². The fourth-order valence-corrected chi connectivity index (χ4v) is 10.1. The van der Waals surface area contributed by atoms with Crippen molar-refractivity contribution in [3.05, 3.63) is 246 Å². The summed E-state index contributed by atoms with van der Waals surface area (Å²) in [4.78, 5) is 12.2. The van der Waals surface area contributed by atoms with Crippen molar-refractivity contribution in [2.24, 2.45) is 0 Å². The van der Waals surface area contributed by atoms with Crippen molar-refractivity contribution >= 4 is 55.0 Å². The van der Waals surface area contributed by atoms with Crippen LogP contribution in [0.3, 0.4) is 0 Å². The van der Waals surface area contributed by atoms with Crippen LogP contribution in [0.5, 0.6) is 0 Å². The largest absolute Gasteiger partial charge is 0.309 e. The zero-order chi connectivity index (χ0) is 48.9. The highest BCUT2D eigenvalue weighted by atomic mass is 15.0. The highest BCUT2D eigenvalue weighted by Crippen LogP contribution is 2.44. The highest BCUT2D eigenvalue weighted by Gasteiger charge is 2.23. The molecule has 0 aliphatic heterocycles. The summed E-state index contributed by atoms with van der Waals surface area (Å²) in [7, 11) is 0. The molecule has 12 rings (SSSR count). The second-order valence-corrected chi connectivity index (χ2v) is 17.5. The van der Waals surface area contributed by atoms with Crippen molar-refractivity contribution in [1.29, 1.82) is 15.8 Å². The van der Waals surface area contributed by atoms with E-state index in [0.29, 0.717) is 28.1 Å². The van der Waals surface area contributed by atoms with E-state index >= 15 is 0 Å². The highest BCUT2D eigenvalue weighted by molar-refractivity contribution is 6.14. The number of pyridine rings is 1. The van der Waals surface area contributed by atoms with Gasteiger partial charge in [0.15, 0.2) is 11.4 Å². The van der Waals surface area contributed by atoms with Crippen molar-refractivity contribution < 1.29 is 0 Å². The molecule has 0 bridgehead atoms. The molecular weight excluding hydrogens is 881 g/mol. The standard InChI is InChI=1S/C64H34N8/c1-68-51-13-5-11-45(30-51)49-18-23-60-56(34-49)57-35-50(46-12-6-14-52(31-46)69-2)19-24-61(57)71(60)59-20-15-42(38-67)29-53(59)58-39-70-26-25-64(58)72-62-21-16-47(43-9-3-7-40(27-43)36-65)32-54(62)55-33-48(17-22-63(55)72)44-10-4-8-41(28-44)37-66/h3-35,39H. The van der Waals surface area contributed by atoms with Gasteiger partial charge in [-0.05, 0) is 154 Å². The van der Waals surface area contributed by atoms with E-state index in [0.717, 1.165) is 111 Å². The molecule has 0 unspecified atom stereocenters. The number of nitrogens with zero attached hydrogens (tertiary/aromatic N) is 8. The summed E-state index contributed by atoms with van der Waals surface area (Å²) in [5.41, 5.74) is 17.4. The summed E-state index contributed by atoms with van der Waals surface area (Å²) in [6.45, 7) is 15.4. The van der Waals surface area contributed by atoms with Gasteiger partial charge in [0, 0.05) is 45.1 Å². The molecule has 0 aliphatic carbocycles. The monoisotopic (exact) mass is 914 g/mol. The number of aromatic nitrogens is 3. The summed E-state index contributed by atoms with van der Waals surface area (Å²) < 4.78 is 4.51. The second kappa shape index (κ2) is 17.4. The number of rotatable bonds is 7. The first kappa shape index (κ1) is 42.5. The van der Waals surface area contributed by atoms with Crippen molar-refractivity contribution in [3.8, 4) is 85.2 Å². The minimum absolute atomic E-state index is 0.490. The second-order valence-electron chi connectivity index (χ2n) is 17.5. The molecule has 0 atom stereocenters. The summed E-state index contributed by atoms with van der Waals surface area (Å²) >= 11 is 0. The van der Waals surface area contributed by atoms with E-state index in [4.69, 9.17) is 18.1 Å². The van der Waals surface area contributed by atoms with Crippen LogP contribution in [0.4, 0.5) is 11.4 Å². The molecule has 8 nitrogen and oxygen atoms in total. The first-order chi connectivity index (χ1) is 35.4. The van der Waals surface area contributed by atoms with Crippen molar-refractivity contribution in [2.45, 2.75) is 0 Å². The zero-order valence-corrected chi connectivity index (χ0v) is 38.2. The topological polar surface area (TPSA) is 103 Å². The third-order valence-corrected chi connectivity index (χ3v) is 13.5. The molecule has 3 aromatic heterocycles. The zero-order valence-electron chi connectivity index (χ0n) is 38.2. The molecule has 9 aromatic carbocycles. The molecule has 3 heterocycles. The van der Waals surface area contributed by atoms with Gasteiger partial charge in [0.1, 0.15) is 0 Å². The number of hydrogen-bond donors (Lipinski definition) is 0. The van der Waals surface area contributed by atoms with Crippen LogP contribution in [0.2, 0.25) is 0 Å². The van der Waals surface area contributed by atoms with Crippen LogP contribution in [0.15, 0.2) is 207 Å². The van der Waals surface area contributed by atoms with Crippen molar-refractivity contribution in [3.63, 3.8) is 0 Å². The molecule has 0 fully saturated rings. The summed E-state index contributed by atoms with van der Waals surface area (Å²) in [6, 6.07) is 70.9. The van der Waals surface area contributed by atoms with Crippen molar-refractivity contribution in [1.82, 2.24) is 14.1 Å². The smallest absolute Gasteiger partial charge is 0.187 e. The van der Waals surface area contributed by atoms with Gasteiger partial charge in [-0.15, -0.1) is 0 Å². The van der Waals surface area contributed by atoms with E-state index in [1.807, 2.05) is 115 Å². The van der Waals surface area contributed by atoms with Gasteiger partial charge in [0.25, 0.3) is 0 Å². The maximum atomic E-state index is 10.5. The Labute approximate surface area is 414 Å². The molecule has 0 saturated heterocycles. The van der Waals surface area contributed by atoms with Crippen molar-refractivity contribution in [2.75, 3.05) is 0 Å². The Bertz CT molecular complexity index is 4250. The van der Waals surface area contributed by atoms with Gasteiger partial charge in [-0.1, -0.05) is 84.9 Å². The molecule has 0 aliphatic rings. The fraction of sp³-hybridized carbons (Fsp3) is 0. The van der Waals surface area contributed by atoms with Gasteiger partial charge in [-0.3, -0.25) is 4.98 Å². The van der Waals surface area contributed by atoms with E-state index in [1.165, 1.54) is 0 Å². The predicted octanol–water partition coefficient (Wildman–Crippen LogP) is 16.3. The number of fused-ring (bicyclic) bond motifs is 6. The average molecular weight is 915 g/mol. The normalized spacial score (nSPS) is 11.0. The Morgan fingerprint density at radius 3 is 1.15 bits per heavy atom. The number of hydrogen-bond acceptors (Lipinski definition) is 4. The van der Waals surface area contributed by atoms with E-state index < -0.39 is 0 Å². The summed E-state index contributed by atoms with van der Waals surface area (Å²) in [5, 5.41) is 34.1. The Balaban J connectivity index is 1.11. The molecule has 8 heteroatoms. The lowest BCUT2D eigenvalue weighted by Crippen LogP contribution is -2.02. The van der Waals surface area contributed by atoms with Gasteiger partial charge in [0.2, 0.25) is 0 Å². The first-order valence-corrected chi connectivity index (χ1v) is 23.1. The summed E-state index contributed by atoms with van der Waals surface area (Å²) in [5.74, 6) is 0. The van der Waals surface area contributed by atoms with Crippen LogP contribution in [-0.4, -0.2) is 14.1 Å². The van der Waals surface area contributed by atoms with E-state index in [1.54, 1.807) is 18.3 Å². The molecule has 72 heavy (non-hydrogen) atoms. The van der Waals surface area contributed by atoms with Crippen LogP contribution in [0.25, 0.3) is 120 Å². The summed E-state index contributed by atoms with van der Waals surface area (Å²) in [6.07, 6.45) is 3.67. The van der Waals surface area contributed by atoms with Gasteiger partial charge in [-0.2, -0.15) is 15.8 Å². The predicted molar refractivity (Wildman–Crippen MR) is 287 cm³/mol. The van der Waals surface area contributed by atoms with Crippen LogP contribution in [0.1, 0.15) is 16.7 Å². The minimum Gasteiger partial charge on any atom is -0.309 e. The van der Waals surface area contributed by atoms with Gasteiger partial charge < -0.3 is 9.13 Å². The Morgan fingerprint density at radius 1 is 0.361 bits per heavy atom. The molecule has 0 saturated carbocycles. The maximum absolute atomic E-state index is 10.5. The van der Waals surface area contributed by atoms with Gasteiger partial charge in [0.05, 0.1) is 81.5 Å². The lowest BCUT2D eigenvalue weighted by atomic mass is 9.99. The van der Waals surface area contributed by atoms with Gasteiger partial charge in [-0.25, -0.2) is 9.69 Å². The molecule has 0 amide bonds. The Kier molecular flexibility index (Phi) is 10.3. The number of benzene rings is 9. The maximum Gasteiger partial charge on any atom is 0.187 e. The Morgan fingerprint density at radius 2 is 0.736 bits per heavy atom. The fourth-order valence-electron chi connectivity index (χ4n) is 10.1. The van der Waals surface area contributed by atoms with Crippen LogP contribution in [-0.2, 0) is 0 Å². The third-order valence-electron chi connectivity index (χ3n) is 13.5. The molecule has 0 N–H and O–H groups in total. The molecule has 0 spiro atoms. The SMILES string of the molecule is [C-]#[N+]c1cccc(-c2ccc3c(c2)c2cc(-c4cccc([N+]#[C-])c4)ccc2n3-c2ccc(C#N)cc2-c2cnccc2-n2c3ccc(-c4cccc(C#N)c4)cc3c3cc(-c4cccc(C#N)c4)ccc32)c1. The average Bonchev–Trinajstić information content (AvgIpc) is 3.96. The Hall–Kier alpha value is -10.8. The molecule has 330 valence electrons. The first-order valence-electron chi connectivity index (χ1n) is 23.1. The quantitative estimate of drug-likeness (QED) is 0.149. The van der Waals surface area contributed by atoms with Crippen LogP contribution in [0, 0.1) is 47.1 Å². The third kappa shape index (κ3) is 7.17. The molecule has 12 aromatic rings.